The van der Waals surface area contributed by atoms with Crippen LogP contribution in [0.4, 0.5) is 4.39 Å². The quantitative estimate of drug-likeness (QED) is 0.895. The first-order chi connectivity index (χ1) is 9.06. The highest BCUT2D eigenvalue weighted by Gasteiger charge is 2.26. The smallest absolute Gasteiger partial charge is 0.123 e. The van der Waals surface area contributed by atoms with Crippen LogP contribution in [0, 0.1) is 5.82 Å². The Hall–Kier alpha value is -0.970. The molecule has 19 heavy (non-hydrogen) atoms. The minimum atomic E-state index is -0.191. The van der Waals surface area contributed by atoms with Crippen LogP contribution in [-0.4, -0.2) is 55.6 Å². The fraction of sp³-hybridized carbons (Fsp3) is 0.600. The van der Waals surface area contributed by atoms with Crippen molar-refractivity contribution in [3.63, 3.8) is 0 Å². The average molecular weight is 265 g/mol. The average Bonchev–Trinajstić information content (AvgIpc) is 2.54. The number of likely N-dealkylation sites (N-methyl/N-ethyl adjacent to an activating group) is 2. The summed E-state index contributed by atoms with van der Waals surface area (Å²) in [5.74, 6) is -0.191. The number of hydrogen-bond donors (Lipinski definition) is 1. The van der Waals surface area contributed by atoms with Gasteiger partial charge < -0.3 is 15.5 Å². The summed E-state index contributed by atoms with van der Waals surface area (Å²) in [6, 6.07) is 7.11. The van der Waals surface area contributed by atoms with Gasteiger partial charge in [0.05, 0.1) is 0 Å². The molecule has 0 aliphatic carbocycles. The van der Waals surface area contributed by atoms with Crippen LogP contribution >= 0.6 is 0 Å². The normalized spacial score (nSPS) is 24.1. The molecule has 2 N–H and O–H groups in total. The Kier molecular flexibility index (Phi) is 4.91. The lowest BCUT2D eigenvalue weighted by molar-refractivity contribution is 0.195. The monoisotopic (exact) mass is 265 g/mol. The predicted molar refractivity (Wildman–Crippen MR) is 76.6 cm³/mol. The molecule has 0 amide bonds. The van der Waals surface area contributed by atoms with Gasteiger partial charge >= 0.3 is 0 Å². The molecule has 1 saturated heterocycles. The second-order valence-corrected chi connectivity index (χ2v) is 5.66. The van der Waals surface area contributed by atoms with Crippen molar-refractivity contribution >= 4 is 0 Å². The summed E-state index contributed by atoms with van der Waals surface area (Å²) in [6.45, 7) is 3.22. The predicted octanol–water partition coefficient (Wildman–Crippen LogP) is 1.33. The lowest BCUT2D eigenvalue weighted by Crippen LogP contribution is -2.51. The molecule has 1 aromatic rings. The van der Waals surface area contributed by atoms with Gasteiger partial charge in [-0.05, 0) is 57.7 Å². The van der Waals surface area contributed by atoms with E-state index in [1.54, 1.807) is 0 Å². The molecule has 2 unspecified atom stereocenters. The molecule has 1 aliphatic heterocycles. The van der Waals surface area contributed by atoms with Crippen molar-refractivity contribution in [2.75, 3.05) is 33.7 Å². The molecule has 2 rings (SSSR count). The van der Waals surface area contributed by atoms with Crippen molar-refractivity contribution in [3.8, 4) is 0 Å². The van der Waals surface area contributed by atoms with Gasteiger partial charge in [-0.25, -0.2) is 4.39 Å². The van der Waals surface area contributed by atoms with Crippen molar-refractivity contribution in [2.24, 2.45) is 5.73 Å². The zero-order chi connectivity index (χ0) is 13.8. The molecule has 1 heterocycles. The molecule has 1 fully saturated rings. The molecule has 0 saturated carbocycles. The Labute approximate surface area is 115 Å². The Morgan fingerprint density at radius 2 is 1.95 bits per heavy atom. The summed E-state index contributed by atoms with van der Waals surface area (Å²) >= 11 is 0. The zero-order valence-electron chi connectivity index (χ0n) is 11.8. The third-order valence-electron chi connectivity index (χ3n) is 3.99. The van der Waals surface area contributed by atoms with Crippen molar-refractivity contribution in [3.05, 3.63) is 35.6 Å². The van der Waals surface area contributed by atoms with Gasteiger partial charge in [0, 0.05) is 18.6 Å². The van der Waals surface area contributed by atoms with Gasteiger partial charge in [-0.1, -0.05) is 12.1 Å². The molecular formula is C15H24FN3. The van der Waals surface area contributed by atoms with Gasteiger partial charge in [-0.2, -0.15) is 0 Å². The minimum absolute atomic E-state index is 0.0796. The maximum atomic E-state index is 12.9. The van der Waals surface area contributed by atoms with Crippen LogP contribution in [-0.2, 0) is 6.42 Å². The zero-order valence-corrected chi connectivity index (χ0v) is 11.8. The van der Waals surface area contributed by atoms with E-state index in [9.17, 15) is 4.39 Å². The molecule has 0 bridgehead atoms. The van der Waals surface area contributed by atoms with Crippen LogP contribution in [0.25, 0.3) is 0 Å². The molecule has 0 aromatic heterocycles. The Bertz CT molecular complexity index is 393. The van der Waals surface area contributed by atoms with E-state index < -0.39 is 0 Å². The lowest BCUT2D eigenvalue weighted by atomic mass is 9.99. The Morgan fingerprint density at radius 1 is 1.26 bits per heavy atom. The standard InChI is InChI=1S/C15H24FN3/c1-18-8-3-9-19(2)15(11-18)14(17)10-12-4-6-13(16)7-5-12/h4-7,14-15H,3,8-11,17H2,1-2H3. The van der Waals surface area contributed by atoms with E-state index in [0.29, 0.717) is 6.04 Å². The highest BCUT2D eigenvalue weighted by molar-refractivity contribution is 5.17. The maximum absolute atomic E-state index is 12.9. The van der Waals surface area contributed by atoms with Crippen molar-refractivity contribution in [2.45, 2.75) is 24.9 Å². The topological polar surface area (TPSA) is 32.5 Å². The summed E-state index contributed by atoms with van der Waals surface area (Å²) in [7, 11) is 4.30. The summed E-state index contributed by atoms with van der Waals surface area (Å²) < 4.78 is 12.9. The van der Waals surface area contributed by atoms with Crippen LogP contribution in [0.2, 0.25) is 0 Å². The van der Waals surface area contributed by atoms with E-state index in [4.69, 9.17) is 5.73 Å². The third kappa shape index (κ3) is 4.00. The van der Waals surface area contributed by atoms with E-state index >= 15 is 0 Å². The summed E-state index contributed by atoms with van der Waals surface area (Å²) in [4.78, 5) is 4.70. The van der Waals surface area contributed by atoms with E-state index in [0.717, 1.165) is 31.6 Å². The Balaban J connectivity index is 2.00. The number of hydrogen-bond acceptors (Lipinski definition) is 3. The molecular weight excluding hydrogens is 241 g/mol. The third-order valence-corrected chi connectivity index (χ3v) is 3.99. The van der Waals surface area contributed by atoms with Gasteiger partial charge in [-0.3, -0.25) is 0 Å². The van der Waals surface area contributed by atoms with Crippen molar-refractivity contribution in [1.82, 2.24) is 9.80 Å². The number of nitrogens with two attached hydrogens (primary N) is 1. The lowest BCUT2D eigenvalue weighted by Gasteiger charge is -2.32. The molecule has 0 radical (unpaired) electrons. The molecule has 2 atom stereocenters. The number of nitrogens with zero attached hydrogens (tertiary/aromatic N) is 2. The second kappa shape index (κ2) is 6.46. The highest BCUT2D eigenvalue weighted by Crippen LogP contribution is 2.13. The van der Waals surface area contributed by atoms with Gasteiger partial charge in [0.1, 0.15) is 5.82 Å². The van der Waals surface area contributed by atoms with Gasteiger partial charge in [0.15, 0.2) is 0 Å². The fourth-order valence-corrected chi connectivity index (χ4v) is 2.80. The fourth-order valence-electron chi connectivity index (χ4n) is 2.80. The van der Waals surface area contributed by atoms with Crippen molar-refractivity contribution < 1.29 is 4.39 Å². The van der Waals surface area contributed by atoms with E-state index in [1.165, 1.54) is 18.6 Å². The van der Waals surface area contributed by atoms with Crippen LogP contribution in [0.3, 0.4) is 0 Å². The van der Waals surface area contributed by atoms with E-state index in [1.807, 2.05) is 12.1 Å². The van der Waals surface area contributed by atoms with Gasteiger partial charge in [0.2, 0.25) is 0 Å². The van der Waals surface area contributed by atoms with Gasteiger partial charge in [0.25, 0.3) is 0 Å². The van der Waals surface area contributed by atoms with Gasteiger partial charge in [-0.15, -0.1) is 0 Å². The Morgan fingerprint density at radius 3 is 2.63 bits per heavy atom. The number of benzene rings is 1. The highest BCUT2D eigenvalue weighted by atomic mass is 19.1. The first kappa shape index (κ1) is 14.4. The maximum Gasteiger partial charge on any atom is 0.123 e. The van der Waals surface area contributed by atoms with Crippen LogP contribution in [0.1, 0.15) is 12.0 Å². The summed E-state index contributed by atoms with van der Waals surface area (Å²) in [5.41, 5.74) is 7.48. The first-order valence-corrected chi connectivity index (χ1v) is 6.95. The number of rotatable bonds is 3. The molecule has 106 valence electrons. The minimum Gasteiger partial charge on any atom is -0.326 e. The SMILES string of the molecule is CN1CCCN(C)C(C(N)Cc2ccc(F)cc2)C1. The van der Waals surface area contributed by atoms with Crippen molar-refractivity contribution in [1.29, 1.82) is 0 Å². The molecule has 1 aromatic carbocycles. The van der Waals surface area contributed by atoms with Crippen LogP contribution in [0.5, 0.6) is 0 Å². The summed E-state index contributed by atoms with van der Waals surface area (Å²) in [5, 5.41) is 0. The first-order valence-electron chi connectivity index (χ1n) is 6.95. The largest absolute Gasteiger partial charge is 0.326 e. The second-order valence-electron chi connectivity index (χ2n) is 5.66. The van der Waals surface area contributed by atoms with Crippen LogP contribution < -0.4 is 5.73 Å². The van der Waals surface area contributed by atoms with E-state index in [-0.39, 0.29) is 11.9 Å². The molecule has 3 nitrogen and oxygen atoms in total. The molecule has 4 heteroatoms. The number of halogens is 1. The molecule has 1 aliphatic rings. The van der Waals surface area contributed by atoms with Crippen LogP contribution in [0.15, 0.2) is 24.3 Å². The molecule has 0 spiro atoms. The summed E-state index contributed by atoms with van der Waals surface area (Å²) in [6.07, 6.45) is 1.98. The van der Waals surface area contributed by atoms with E-state index in [2.05, 4.69) is 23.9 Å².